The van der Waals surface area contributed by atoms with Crippen LogP contribution in [0.1, 0.15) is 69.2 Å². The lowest BCUT2D eigenvalue weighted by atomic mass is 9.91. The fraction of sp³-hybridized carbons (Fsp3) is 0.520. The molecule has 1 aromatic carbocycles. The molecule has 1 heterocycles. The molecular weight excluding hydrogens is 360 g/mol. The summed E-state index contributed by atoms with van der Waals surface area (Å²) in [4.78, 5) is 19.8. The zero-order chi connectivity index (χ0) is 21.2. The van der Waals surface area contributed by atoms with Crippen molar-refractivity contribution in [1.29, 1.82) is 0 Å². The van der Waals surface area contributed by atoms with Gasteiger partial charge >= 0.3 is 0 Å². The van der Waals surface area contributed by atoms with E-state index in [2.05, 4.69) is 61.8 Å². The van der Waals surface area contributed by atoms with Gasteiger partial charge in [0.2, 0.25) is 0 Å². The molecule has 1 atom stereocenters. The smallest absolute Gasteiger partial charge is 0.137 e. The third-order valence-electron chi connectivity index (χ3n) is 5.62. The summed E-state index contributed by atoms with van der Waals surface area (Å²) >= 11 is 0. The van der Waals surface area contributed by atoms with Crippen molar-refractivity contribution in [1.82, 2.24) is 9.88 Å². The van der Waals surface area contributed by atoms with E-state index in [4.69, 9.17) is 4.74 Å². The van der Waals surface area contributed by atoms with Crippen LogP contribution in [0.5, 0.6) is 5.75 Å². The second-order valence-corrected chi connectivity index (χ2v) is 7.95. The number of rotatable bonds is 12. The standard InChI is InChI=1S/C25H36N2O2/c1-6-27(7-2)15-14-22(25-13-12-24(29-5)18-26-25)17-23(28)16-20-8-10-21(11-9-20)19(3)4/h8-13,18-19,22H,6-7,14-17H2,1-5H3/t22-/m0/s1. The number of nitrogens with zero attached hydrogens (tertiary/aromatic N) is 2. The number of hydrogen-bond donors (Lipinski definition) is 0. The number of aromatic nitrogens is 1. The third-order valence-corrected chi connectivity index (χ3v) is 5.62. The normalized spacial score (nSPS) is 12.4. The van der Waals surface area contributed by atoms with Crippen LogP contribution in [0, 0.1) is 0 Å². The highest BCUT2D eigenvalue weighted by Crippen LogP contribution is 2.25. The number of methoxy groups -OCH3 is 1. The number of ketones is 1. The van der Waals surface area contributed by atoms with Gasteiger partial charge in [0.15, 0.2) is 0 Å². The molecule has 0 aliphatic heterocycles. The van der Waals surface area contributed by atoms with Crippen molar-refractivity contribution in [3.63, 3.8) is 0 Å². The highest BCUT2D eigenvalue weighted by molar-refractivity contribution is 5.81. The van der Waals surface area contributed by atoms with Gasteiger partial charge in [0.25, 0.3) is 0 Å². The first-order valence-electron chi connectivity index (χ1n) is 10.8. The van der Waals surface area contributed by atoms with Crippen molar-refractivity contribution in [2.45, 2.75) is 58.8 Å². The van der Waals surface area contributed by atoms with E-state index in [1.807, 2.05) is 12.1 Å². The van der Waals surface area contributed by atoms with E-state index in [9.17, 15) is 4.79 Å². The van der Waals surface area contributed by atoms with Crippen LogP contribution >= 0.6 is 0 Å². The lowest BCUT2D eigenvalue weighted by molar-refractivity contribution is -0.118. The van der Waals surface area contributed by atoms with Crippen molar-refractivity contribution in [2.75, 3.05) is 26.7 Å². The predicted molar refractivity (Wildman–Crippen MR) is 120 cm³/mol. The maximum Gasteiger partial charge on any atom is 0.137 e. The Labute approximate surface area is 176 Å². The van der Waals surface area contributed by atoms with Gasteiger partial charge in [-0.25, -0.2) is 0 Å². The number of pyridine rings is 1. The van der Waals surface area contributed by atoms with Crippen molar-refractivity contribution in [3.05, 3.63) is 59.4 Å². The highest BCUT2D eigenvalue weighted by atomic mass is 16.5. The summed E-state index contributed by atoms with van der Waals surface area (Å²) in [5, 5.41) is 0. The third kappa shape index (κ3) is 7.28. The molecule has 0 fully saturated rings. The summed E-state index contributed by atoms with van der Waals surface area (Å²) in [6.45, 7) is 11.7. The molecule has 0 unspecified atom stereocenters. The molecule has 0 N–H and O–H groups in total. The largest absolute Gasteiger partial charge is 0.495 e. The van der Waals surface area contributed by atoms with Crippen LogP contribution in [-0.2, 0) is 11.2 Å². The van der Waals surface area contributed by atoms with E-state index in [0.29, 0.717) is 18.8 Å². The fourth-order valence-electron chi connectivity index (χ4n) is 3.58. The average molecular weight is 397 g/mol. The van der Waals surface area contributed by atoms with E-state index in [-0.39, 0.29) is 11.7 Å². The number of carbonyl (C=O) groups excluding carboxylic acids is 1. The summed E-state index contributed by atoms with van der Waals surface area (Å²) in [7, 11) is 1.64. The Kier molecular flexibility index (Phi) is 9.33. The van der Waals surface area contributed by atoms with Crippen LogP contribution in [-0.4, -0.2) is 42.4 Å². The van der Waals surface area contributed by atoms with Gasteiger partial charge in [0, 0.05) is 24.5 Å². The molecule has 0 saturated carbocycles. The minimum absolute atomic E-state index is 0.129. The average Bonchev–Trinajstić information content (AvgIpc) is 2.74. The van der Waals surface area contributed by atoms with Crippen LogP contribution in [0.15, 0.2) is 42.6 Å². The molecule has 0 spiro atoms. The molecule has 0 amide bonds. The summed E-state index contributed by atoms with van der Waals surface area (Å²) in [6.07, 6.45) is 3.68. The summed E-state index contributed by atoms with van der Waals surface area (Å²) in [5.41, 5.74) is 3.37. The van der Waals surface area contributed by atoms with E-state index in [1.165, 1.54) is 5.56 Å². The molecule has 1 aromatic heterocycles. The molecule has 0 aliphatic rings. The van der Waals surface area contributed by atoms with Crippen molar-refractivity contribution >= 4 is 5.78 Å². The van der Waals surface area contributed by atoms with Crippen LogP contribution in [0.4, 0.5) is 0 Å². The van der Waals surface area contributed by atoms with Crippen molar-refractivity contribution < 1.29 is 9.53 Å². The van der Waals surface area contributed by atoms with Gasteiger partial charge in [-0.2, -0.15) is 0 Å². The monoisotopic (exact) mass is 396 g/mol. The van der Waals surface area contributed by atoms with Gasteiger partial charge in [-0.3, -0.25) is 9.78 Å². The molecule has 4 heteroatoms. The Morgan fingerprint density at radius 1 is 1.07 bits per heavy atom. The Morgan fingerprint density at radius 3 is 2.28 bits per heavy atom. The number of ether oxygens (including phenoxy) is 1. The van der Waals surface area contributed by atoms with Gasteiger partial charge in [-0.15, -0.1) is 0 Å². The first kappa shape index (κ1) is 23.1. The number of Topliss-reactive ketones (excluding diaryl/α,β-unsaturated/α-hetero) is 1. The Bertz CT molecular complexity index is 734. The maximum absolute atomic E-state index is 12.9. The van der Waals surface area contributed by atoms with Crippen LogP contribution < -0.4 is 4.74 Å². The molecule has 4 nitrogen and oxygen atoms in total. The molecule has 0 radical (unpaired) electrons. The Balaban J connectivity index is 2.07. The lowest BCUT2D eigenvalue weighted by Crippen LogP contribution is -2.26. The van der Waals surface area contributed by atoms with Crippen LogP contribution in [0.25, 0.3) is 0 Å². The zero-order valence-corrected chi connectivity index (χ0v) is 18.6. The summed E-state index contributed by atoms with van der Waals surface area (Å²) in [6, 6.07) is 12.4. The van der Waals surface area contributed by atoms with Gasteiger partial charge in [-0.05, 0) is 55.2 Å². The van der Waals surface area contributed by atoms with Crippen LogP contribution in [0.2, 0.25) is 0 Å². The minimum Gasteiger partial charge on any atom is -0.495 e. The molecule has 158 valence electrons. The summed E-state index contributed by atoms with van der Waals surface area (Å²) < 4.78 is 5.23. The van der Waals surface area contributed by atoms with Crippen molar-refractivity contribution in [3.8, 4) is 5.75 Å². The van der Waals surface area contributed by atoms with Gasteiger partial charge < -0.3 is 9.64 Å². The SMILES string of the molecule is CCN(CC)CC[C@@H](CC(=O)Cc1ccc(C(C)C)cc1)c1ccc(OC)cn1. The number of benzene rings is 1. The second-order valence-electron chi connectivity index (χ2n) is 7.95. The Morgan fingerprint density at radius 2 is 1.76 bits per heavy atom. The van der Waals surface area contributed by atoms with Gasteiger partial charge in [0.1, 0.15) is 11.5 Å². The molecule has 0 saturated heterocycles. The number of carbonyl (C=O) groups is 1. The molecule has 2 aromatic rings. The van der Waals surface area contributed by atoms with Crippen LogP contribution in [0.3, 0.4) is 0 Å². The van der Waals surface area contributed by atoms with Gasteiger partial charge in [-0.1, -0.05) is 52.0 Å². The lowest BCUT2D eigenvalue weighted by Gasteiger charge is -2.22. The van der Waals surface area contributed by atoms with Crippen molar-refractivity contribution in [2.24, 2.45) is 0 Å². The van der Waals surface area contributed by atoms with E-state index in [1.54, 1.807) is 13.3 Å². The minimum atomic E-state index is 0.129. The molecule has 29 heavy (non-hydrogen) atoms. The summed E-state index contributed by atoms with van der Waals surface area (Å²) in [5.74, 6) is 1.64. The van der Waals surface area contributed by atoms with E-state index >= 15 is 0 Å². The quantitative estimate of drug-likeness (QED) is 0.493. The predicted octanol–water partition coefficient (Wildman–Crippen LogP) is 5.23. The van der Waals surface area contributed by atoms with E-state index < -0.39 is 0 Å². The molecule has 0 aliphatic carbocycles. The fourth-order valence-corrected chi connectivity index (χ4v) is 3.58. The molecular formula is C25H36N2O2. The zero-order valence-electron chi connectivity index (χ0n) is 18.6. The first-order chi connectivity index (χ1) is 14.0. The second kappa shape index (κ2) is 11.7. The first-order valence-corrected chi connectivity index (χ1v) is 10.8. The van der Waals surface area contributed by atoms with Gasteiger partial charge in [0.05, 0.1) is 13.3 Å². The molecule has 0 bridgehead atoms. The molecule has 2 rings (SSSR count). The van der Waals surface area contributed by atoms with E-state index in [0.717, 1.165) is 43.1 Å². The number of hydrogen-bond acceptors (Lipinski definition) is 4. The maximum atomic E-state index is 12.9. The highest BCUT2D eigenvalue weighted by Gasteiger charge is 2.19. The topological polar surface area (TPSA) is 42.4 Å². The Hall–Kier alpha value is -2.20.